The number of imide groups is 1. The molecule has 0 aliphatic carbocycles. The van der Waals surface area contributed by atoms with E-state index in [9.17, 15) is 19.5 Å². The second kappa shape index (κ2) is 6.37. The molecule has 1 aromatic rings. The zero-order valence-corrected chi connectivity index (χ0v) is 12.6. The number of carbonyl (C=O) groups is 3. The van der Waals surface area contributed by atoms with E-state index in [1.165, 1.54) is 0 Å². The topological polar surface area (TPSA) is 95.9 Å². The fourth-order valence-electron chi connectivity index (χ4n) is 2.74. The molecule has 122 valence electrons. The van der Waals surface area contributed by atoms with E-state index in [-0.39, 0.29) is 37.7 Å². The summed E-state index contributed by atoms with van der Waals surface area (Å²) in [4.78, 5) is 35.7. The Morgan fingerprint density at radius 1 is 1.26 bits per heavy atom. The maximum Gasteiger partial charge on any atom is 0.240 e. The number of likely N-dealkylation sites (tertiary alicyclic amines) is 1. The number of aliphatic hydroxyl groups is 1. The molecule has 0 saturated carbocycles. The van der Waals surface area contributed by atoms with Crippen molar-refractivity contribution in [3.05, 3.63) is 29.3 Å². The fraction of sp³-hybridized carbons (Fsp3) is 0.438. The van der Waals surface area contributed by atoms with Crippen molar-refractivity contribution in [3.8, 4) is 5.75 Å². The maximum absolute atomic E-state index is 11.8. The first-order valence-electron chi connectivity index (χ1n) is 7.58. The molecule has 1 saturated heterocycles. The first-order valence-corrected chi connectivity index (χ1v) is 7.58. The Morgan fingerprint density at radius 2 is 2.00 bits per heavy atom. The number of ether oxygens (including phenoxy) is 1. The molecule has 3 amide bonds. The number of hydrogen-bond acceptors (Lipinski definition) is 5. The van der Waals surface area contributed by atoms with Crippen molar-refractivity contribution in [1.82, 2.24) is 10.2 Å². The summed E-state index contributed by atoms with van der Waals surface area (Å²) >= 11 is 0. The van der Waals surface area contributed by atoms with Crippen LogP contribution in [0.4, 0.5) is 0 Å². The van der Waals surface area contributed by atoms with Crippen LogP contribution in [0, 0.1) is 0 Å². The maximum atomic E-state index is 11.8. The van der Waals surface area contributed by atoms with Crippen molar-refractivity contribution in [3.63, 3.8) is 0 Å². The minimum Gasteiger partial charge on any atom is -0.493 e. The van der Waals surface area contributed by atoms with Gasteiger partial charge >= 0.3 is 0 Å². The lowest BCUT2D eigenvalue weighted by molar-refractivity contribution is -0.142. The molecule has 0 spiro atoms. The number of aliphatic hydroxyl groups excluding tert-OH is 1. The van der Waals surface area contributed by atoms with E-state index in [0.29, 0.717) is 12.2 Å². The molecule has 2 heterocycles. The third-order valence-corrected chi connectivity index (χ3v) is 4.05. The van der Waals surface area contributed by atoms with Crippen LogP contribution in [0.15, 0.2) is 18.2 Å². The molecule has 0 radical (unpaired) electrons. The van der Waals surface area contributed by atoms with Crippen molar-refractivity contribution in [2.75, 3.05) is 19.7 Å². The Kier molecular flexibility index (Phi) is 4.29. The van der Waals surface area contributed by atoms with Crippen LogP contribution in [-0.4, -0.2) is 47.4 Å². The first kappa shape index (κ1) is 15.5. The summed E-state index contributed by atoms with van der Waals surface area (Å²) in [5, 5.41) is 12.7. The van der Waals surface area contributed by atoms with Gasteiger partial charge < -0.3 is 15.2 Å². The zero-order valence-electron chi connectivity index (χ0n) is 12.6. The molecule has 1 aromatic carbocycles. The number of carbonyl (C=O) groups excluding carboxylic acids is 3. The average Bonchev–Trinajstić information content (AvgIpc) is 3.13. The van der Waals surface area contributed by atoms with E-state index in [1.54, 1.807) is 6.07 Å². The molecule has 1 atom stereocenters. The van der Waals surface area contributed by atoms with Gasteiger partial charge in [-0.05, 0) is 23.3 Å². The summed E-state index contributed by atoms with van der Waals surface area (Å²) < 4.78 is 5.41. The normalized spacial score (nSPS) is 17.9. The van der Waals surface area contributed by atoms with Gasteiger partial charge in [-0.2, -0.15) is 0 Å². The van der Waals surface area contributed by atoms with Crippen LogP contribution in [0.2, 0.25) is 0 Å². The van der Waals surface area contributed by atoms with Crippen LogP contribution in [0.5, 0.6) is 5.75 Å². The number of benzene rings is 1. The van der Waals surface area contributed by atoms with Gasteiger partial charge in [0.25, 0.3) is 0 Å². The summed E-state index contributed by atoms with van der Waals surface area (Å²) in [6.45, 7) is 0.376. The first-order chi connectivity index (χ1) is 11.0. The van der Waals surface area contributed by atoms with Crippen molar-refractivity contribution >= 4 is 17.7 Å². The van der Waals surface area contributed by atoms with Crippen LogP contribution < -0.4 is 10.1 Å². The van der Waals surface area contributed by atoms with Crippen LogP contribution in [0.1, 0.15) is 30.1 Å². The largest absolute Gasteiger partial charge is 0.493 e. The van der Waals surface area contributed by atoms with Gasteiger partial charge in [0.15, 0.2) is 0 Å². The second-order valence-electron chi connectivity index (χ2n) is 5.66. The highest BCUT2D eigenvalue weighted by molar-refractivity contribution is 6.04. The van der Waals surface area contributed by atoms with Crippen molar-refractivity contribution in [2.24, 2.45) is 0 Å². The number of nitrogens with zero attached hydrogens (tertiary/aromatic N) is 1. The molecule has 2 aliphatic rings. The highest BCUT2D eigenvalue weighted by Crippen LogP contribution is 2.28. The number of fused-ring (bicyclic) bond motifs is 1. The molecular formula is C16H18N2O5. The molecule has 7 heteroatoms. The predicted molar refractivity (Wildman–Crippen MR) is 79.6 cm³/mol. The molecule has 1 fully saturated rings. The van der Waals surface area contributed by atoms with Crippen LogP contribution in [0.3, 0.4) is 0 Å². The molecule has 7 nitrogen and oxygen atoms in total. The average molecular weight is 318 g/mol. The van der Waals surface area contributed by atoms with E-state index in [0.717, 1.165) is 22.6 Å². The van der Waals surface area contributed by atoms with Crippen molar-refractivity contribution < 1.29 is 24.2 Å². The van der Waals surface area contributed by atoms with E-state index in [4.69, 9.17) is 4.74 Å². The summed E-state index contributed by atoms with van der Waals surface area (Å²) in [5.41, 5.74) is 1.74. The standard InChI is InChI=1S/C16H18N2O5/c19-12(10-1-2-13-11(7-10)5-6-23-13)8-17-14(20)9-18-15(21)3-4-16(18)22/h1-2,7,12,19H,3-6,8-9H2,(H,17,20). The fourth-order valence-corrected chi connectivity index (χ4v) is 2.74. The third kappa shape index (κ3) is 3.34. The number of nitrogens with one attached hydrogen (secondary N) is 1. The van der Waals surface area contributed by atoms with Gasteiger partial charge in [-0.15, -0.1) is 0 Å². The van der Waals surface area contributed by atoms with Gasteiger partial charge in [-0.25, -0.2) is 0 Å². The molecule has 2 aliphatic heterocycles. The van der Waals surface area contributed by atoms with Gasteiger partial charge in [-0.1, -0.05) is 6.07 Å². The summed E-state index contributed by atoms with van der Waals surface area (Å²) in [7, 11) is 0. The second-order valence-corrected chi connectivity index (χ2v) is 5.66. The van der Waals surface area contributed by atoms with Crippen LogP contribution in [0.25, 0.3) is 0 Å². The van der Waals surface area contributed by atoms with Gasteiger partial charge in [-0.3, -0.25) is 19.3 Å². The zero-order chi connectivity index (χ0) is 16.4. The predicted octanol–water partition coefficient (Wildman–Crippen LogP) is -0.0799. The van der Waals surface area contributed by atoms with E-state index < -0.39 is 12.0 Å². The molecular weight excluding hydrogens is 300 g/mol. The number of amides is 3. The molecule has 3 rings (SSSR count). The molecule has 2 N–H and O–H groups in total. The Hall–Kier alpha value is -2.41. The monoisotopic (exact) mass is 318 g/mol. The minimum atomic E-state index is -0.852. The Morgan fingerprint density at radius 3 is 2.74 bits per heavy atom. The third-order valence-electron chi connectivity index (χ3n) is 4.05. The SMILES string of the molecule is O=C(CN1C(=O)CCC1=O)NCC(O)c1ccc2c(c1)CCO2. The molecule has 0 aromatic heterocycles. The number of rotatable bonds is 5. The Bertz CT molecular complexity index is 642. The van der Waals surface area contributed by atoms with Crippen LogP contribution >= 0.6 is 0 Å². The molecule has 23 heavy (non-hydrogen) atoms. The molecule has 1 unspecified atom stereocenters. The molecule has 0 bridgehead atoms. The summed E-state index contributed by atoms with van der Waals surface area (Å²) in [5.74, 6) is -0.290. The smallest absolute Gasteiger partial charge is 0.240 e. The van der Waals surface area contributed by atoms with Gasteiger partial charge in [0.2, 0.25) is 17.7 Å². The van der Waals surface area contributed by atoms with Crippen LogP contribution in [-0.2, 0) is 20.8 Å². The lowest BCUT2D eigenvalue weighted by atomic mass is 10.0. The number of hydrogen-bond donors (Lipinski definition) is 2. The Balaban J connectivity index is 1.52. The van der Waals surface area contributed by atoms with E-state index >= 15 is 0 Å². The Labute approximate surface area is 133 Å². The summed E-state index contributed by atoms with van der Waals surface area (Å²) in [6.07, 6.45) is 0.272. The van der Waals surface area contributed by atoms with E-state index in [1.807, 2.05) is 12.1 Å². The van der Waals surface area contributed by atoms with Gasteiger partial charge in [0.05, 0.1) is 12.7 Å². The van der Waals surface area contributed by atoms with Gasteiger partial charge in [0, 0.05) is 25.8 Å². The highest BCUT2D eigenvalue weighted by atomic mass is 16.5. The van der Waals surface area contributed by atoms with Gasteiger partial charge in [0.1, 0.15) is 12.3 Å². The lowest BCUT2D eigenvalue weighted by Gasteiger charge is -2.16. The lowest BCUT2D eigenvalue weighted by Crippen LogP contribution is -2.41. The van der Waals surface area contributed by atoms with Crippen molar-refractivity contribution in [2.45, 2.75) is 25.4 Å². The van der Waals surface area contributed by atoms with Crippen molar-refractivity contribution in [1.29, 1.82) is 0 Å². The highest BCUT2D eigenvalue weighted by Gasteiger charge is 2.30. The minimum absolute atomic E-state index is 0.0225. The van der Waals surface area contributed by atoms with E-state index in [2.05, 4.69) is 5.32 Å². The quantitative estimate of drug-likeness (QED) is 0.740. The summed E-state index contributed by atoms with van der Waals surface area (Å²) in [6, 6.07) is 5.44.